The Morgan fingerprint density at radius 3 is 2.70 bits per heavy atom. The molecule has 6 nitrogen and oxygen atoms in total. The van der Waals surface area contributed by atoms with E-state index in [0.717, 1.165) is 25.9 Å². The molecule has 0 spiro atoms. The first-order valence-corrected chi connectivity index (χ1v) is 9.38. The fourth-order valence-electron chi connectivity index (χ4n) is 4.09. The normalized spacial score (nSPS) is 21.6. The number of nitrogen functional groups attached to an aromatic ring is 1. The van der Waals surface area contributed by atoms with Crippen molar-refractivity contribution in [3.05, 3.63) is 53.3 Å². The van der Waals surface area contributed by atoms with Crippen LogP contribution in [0.5, 0.6) is 0 Å². The van der Waals surface area contributed by atoms with Crippen molar-refractivity contribution >= 4 is 11.9 Å². The van der Waals surface area contributed by atoms with Crippen LogP contribution in [0.2, 0.25) is 0 Å². The fourth-order valence-corrected chi connectivity index (χ4v) is 4.09. The molecular weight excluding hydrogens is 340 g/mol. The Bertz CT molecular complexity index is 807. The summed E-state index contributed by atoms with van der Waals surface area (Å²) in [6, 6.07) is 10.6. The lowest BCUT2D eigenvalue weighted by Crippen LogP contribution is -2.45. The van der Waals surface area contributed by atoms with Crippen LogP contribution in [0.25, 0.3) is 0 Å². The van der Waals surface area contributed by atoms with E-state index in [1.807, 2.05) is 6.07 Å². The van der Waals surface area contributed by atoms with Gasteiger partial charge < -0.3 is 15.8 Å². The molecule has 1 aromatic heterocycles. The molecule has 0 bridgehead atoms. The van der Waals surface area contributed by atoms with Gasteiger partial charge in [0.1, 0.15) is 0 Å². The summed E-state index contributed by atoms with van der Waals surface area (Å²) >= 11 is 0. The second-order valence-electron chi connectivity index (χ2n) is 7.91. The van der Waals surface area contributed by atoms with Crippen LogP contribution in [0.15, 0.2) is 36.5 Å². The van der Waals surface area contributed by atoms with Gasteiger partial charge in [0.25, 0.3) is 5.91 Å². The van der Waals surface area contributed by atoms with Gasteiger partial charge in [0.05, 0.1) is 16.9 Å². The summed E-state index contributed by atoms with van der Waals surface area (Å²) in [7, 11) is 0. The summed E-state index contributed by atoms with van der Waals surface area (Å²) in [5, 5.41) is 3.03. The first kappa shape index (κ1) is 19.3. The summed E-state index contributed by atoms with van der Waals surface area (Å²) in [6.45, 7) is 7.34. The SMILES string of the molecule is Cc1nc(N)ncc1C(=O)NCCC1(c2ccccc2)CCOC(C)(C)C1. The zero-order valence-corrected chi connectivity index (χ0v) is 16.3. The summed E-state index contributed by atoms with van der Waals surface area (Å²) < 4.78 is 5.95. The molecule has 3 rings (SSSR count). The number of hydrogen-bond acceptors (Lipinski definition) is 5. The van der Waals surface area contributed by atoms with Gasteiger partial charge in [0.2, 0.25) is 5.95 Å². The van der Waals surface area contributed by atoms with Crippen molar-refractivity contribution < 1.29 is 9.53 Å². The van der Waals surface area contributed by atoms with Gasteiger partial charge in [-0.05, 0) is 45.6 Å². The molecule has 1 saturated heterocycles. The highest BCUT2D eigenvalue weighted by atomic mass is 16.5. The van der Waals surface area contributed by atoms with Gasteiger partial charge in [-0.3, -0.25) is 4.79 Å². The molecule has 1 aliphatic rings. The monoisotopic (exact) mass is 368 g/mol. The number of carbonyl (C=O) groups is 1. The van der Waals surface area contributed by atoms with Crippen molar-refractivity contribution in [3.63, 3.8) is 0 Å². The molecule has 1 atom stereocenters. The summed E-state index contributed by atoms with van der Waals surface area (Å²) in [5.41, 5.74) is 7.73. The van der Waals surface area contributed by atoms with Gasteiger partial charge in [-0.15, -0.1) is 0 Å². The molecule has 1 aromatic carbocycles. The lowest BCUT2D eigenvalue weighted by atomic mass is 9.67. The highest BCUT2D eigenvalue weighted by Gasteiger charge is 2.41. The maximum atomic E-state index is 12.5. The van der Waals surface area contributed by atoms with E-state index >= 15 is 0 Å². The van der Waals surface area contributed by atoms with Gasteiger partial charge in [0, 0.05) is 24.8 Å². The smallest absolute Gasteiger partial charge is 0.254 e. The molecule has 1 unspecified atom stereocenters. The van der Waals surface area contributed by atoms with Crippen molar-refractivity contribution in [3.8, 4) is 0 Å². The second-order valence-corrected chi connectivity index (χ2v) is 7.91. The Morgan fingerprint density at radius 2 is 2.04 bits per heavy atom. The number of aryl methyl sites for hydroxylation is 1. The molecule has 1 fully saturated rings. The van der Waals surface area contributed by atoms with Gasteiger partial charge in [-0.1, -0.05) is 30.3 Å². The molecule has 3 N–H and O–H groups in total. The average molecular weight is 368 g/mol. The van der Waals surface area contributed by atoms with E-state index in [2.05, 4.69) is 53.4 Å². The van der Waals surface area contributed by atoms with Gasteiger partial charge in [-0.2, -0.15) is 0 Å². The molecule has 1 amide bonds. The Morgan fingerprint density at radius 1 is 1.30 bits per heavy atom. The molecule has 1 aliphatic heterocycles. The molecule has 27 heavy (non-hydrogen) atoms. The third-order valence-corrected chi connectivity index (χ3v) is 5.36. The van der Waals surface area contributed by atoms with Gasteiger partial charge in [-0.25, -0.2) is 9.97 Å². The maximum Gasteiger partial charge on any atom is 0.254 e. The van der Waals surface area contributed by atoms with Crippen LogP contribution in [0.3, 0.4) is 0 Å². The van der Waals surface area contributed by atoms with Crippen LogP contribution in [-0.2, 0) is 10.2 Å². The summed E-state index contributed by atoms with van der Waals surface area (Å²) in [6.07, 6.45) is 4.20. The summed E-state index contributed by atoms with van der Waals surface area (Å²) in [5.74, 6) is 0.0125. The van der Waals surface area contributed by atoms with Crippen molar-refractivity contribution in [2.75, 3.05) is 18.9 Å². The fraction of sp³-hybridized carbons (Fsp3) is 0.476. The molecule has 6 heteroatoms. The van der Waals surface area contributed by atoms with E-state index in [1.165, 1.54) is 11.8 Å². The number of ether oxygens (including phenoxy) is 1. The first-order chi connectivity index (χ1) is 12.8. The van der Waals surface area contributed by atoms with Crippen molar-refractivity contribution in [2.24, 2.45) is 0 Å². The lowest BCUT2D eigenvalue weighted by molar-refractivity contribution is -0.0838. The second kappa shape index (κ2) is 7.64. The maximum absolute atomic E-state index is 12.5. The predicted molar refractivity (Wildman–Crippen MR) is 106 cm³/mol. The van der Waals surface area contributed by atoms with Crippen LogP contribution in [0.4, 0.5) is 5.95 Å². The number of rotatable bonds is 5. The number of benzene rings is 1. The Hall–Kier alpha value is -2.47. The third kappa shape index (κ3) is 4.45. The highest BCUT2D eigenvalue weighted by molar-refractivity contribution is 5.94. The molecule has 0 aliphatic carbocycles. The van der Waals surface area contributed by atoms with Gasteiger partial charge in [0.15, 0.2) is 0 Å². The van der Waals surface area contributed by atoms with Crippen molar-refractivity contribution in [1.82, 2.24) is 15.3 Å². The molecule has 2 heterocycles. The summed E-state index contributed by atoms with van der Waals surface area (Å²) in [4.78, 5) is 20.5. The number of aromatic nitrogens is 2. The number of nitrogens with zero attached hydrogens (tertiary/aromatic N) is 2. The largest absolute Gasteiger partial charge is 0.376 e. The van der Waals surface area contributed by atoms with E-state index in [1.54, 1.807) is 6.92 Å². The Labute approximate surface area is 160 Å². The lowest BCUT2D eigenvalue weighted by Gasteiger charge is -2.45. The first-order valence-electron chi connectivity index (χ1n) is 9.38. The molecule has 144 valence electrons. The minimum atomic E-state index is -0.181. The van der Waals surface area contributed by atoms with Crippen LogP contribution in [-0.4, -0.2) is 34.6 Å². The number of nitrogens with one attached hydrogen (secondary N) is 1. The quantitative estimate of drug-likeness (QED) is 0.847. The number of nitrogens with two attached hydrogens (primary N) is 1. The molecule has 2 aromatic rings. The minimum Gasteiger partial charge on any atom is -0.376 e. The van der Waals surface area contributed by atoms with Crippen LogP contribution in [0.1, 0.15) is 54.7 Å². The highest BCUT2D eigenvalue weighted by Crippen LogP contribution is 2.43. The van der Waals surface area contributed by atoms with Gasteiger partial charge >= 0.3 is 0 Å². The van der Waals surface area contributed by atoms with Crippen LogP contribution < -0.4 is 11.1 Å². The number of hydrogen-bond donors (Lipinski definition) is 2. The third-order valence-electron chi connectivity index (χ3n) is 5.36. The molecule has 0 radical (unpaired) electrons. The van der Waals surface area contributed by atoms with E-state index in [-0.39, 0.29) is 22.9 Å². The number of carbonyl (C=O) groups excluding carboxylic acids is 1. The zero-order valence-electron chi connectivity index (χ0n) is 16.3. The number of amides is 1. The topological polar surface area (TPSA) is 90.1 Å². The van der Waals surface area contributed by atoms with E-state index in [4.69, 9.17) is 10.5 Å². The Balaban J connectivity index is 1.73. The zero-order chi connectivity index (χ0) is 19.5. The van der Waals surface area contributed by atoms with Crippen molar-refractivity contribution in [1.29, 1.82) is 0 Å². The predicted octanol–water partition coefficient (Wildman–Crippen LogP) is 3.01. The standard InChI is InChI=1S/C21H28N4O2/c1-15-17(13-24-19(22)25-15)18(26)23-11-9-21(16-7-5-4-6-8-16)10-12-27-20(2,3)14-21/h4-8,13H,9-12,14H2,1-3H3,(H,23,26)(H2,22,24,25). The van der Waals surface area contributed by atoms with Crippen molar-refractivity contribution in [2.45, 2.75) is 51.0 Å². The van der Waals surface area contributed by atoms with Crippen LogP contribution in [0, 0.1) is 6.92 Å². The number of anilines is 1. The van der Waals surface area contributed by atoms with Crippen LogP contribution >= 0.6 is 0 Å². The molecule has 0 saturated carbocycles. The van der Waals surface area contributed by atoms with E-state index in [0.29, 0.717) is 17.8 Å². The average Bonchev–Trinajstić information content (AvgIpc) is 2.61. The Kier molecular flexibility index (Phi) is 5.46. The molecular formula is C21H28N4O2. The van der Waals surface area contributed by atoms with E-state index in [9.17, 15) is 4.79 Å². The minimum absolute atomic E-state index is 0.0110. The van der Waals surface area contributed by atoms with E-state index < -0.39 is 0 Å².